The monoisotopic (exact) mass is 359 g/mol. The Morgan fingerprint density at radius 3 is 2.52 bits per heavy atom. The van der Waals surface area contributed by atoms with Crippen LogP contribution in [-0.4, -0.2) is 52.9 Å². The number of halogens is 3. The third-order valence-electron chi connectivity index (χ3n) is 3.24. The molecule has 0 aliphatic heterocycles. The summed E-state index contributed by atoms with van der Waals surface area (Å²) in [7, 11) is 1.39. The van der Waals surface area contributed by atoms with Gasteiger partial charge < -0.3 is 19.3 Å². The van der Waals surface area contributed by atoms with Crippen LogP contribution in [0.3, 0.4) is 0 Å². The average molecular weight is 359 g/mol. The van der Waals surface area contributed by atoms with E-state index in [4.69, 9.17) is 9.84 Å². The Morgan fingerprint density at radius 2 is 2.00 bits per heavy atom. The first-order valence-electron chi connectivity index (χ1n) is 7.23. The zero-order valence-corrected chi connectivity index (χ0v) is 13.3. The van der Waals surface area contributed by atoms with Gasteiger partial charge in [0, 0.05) is 25.8 Å². The van der Waals surface area contributed by atoms with Gasteiger partial charge in [-0.1, -0.05) is 29.4 Å². The second-order valence-corrected chi connectivity index (χ2v) is 5.09. The van der Waals surface area contributed by atoms with Crippen molar-refractivity contribution in [3.8, 4) is 11.4 Å². The third kappa shape index (κ3) is 5.00. The van der Waals surface area contributed by atoms with Crippen molar-refractivity contribution in [1.29, 1.82) is 0 Å². The van der Waals surface area contributed by atoms with Crippen LogP contribution < -0.4 is 0 Å². The van der Waals surface area contributed by atoms with E-state index in [1.54, 1.807) is 12.1 Å². The minimum absolute atomic E-state index is 0.110. The number of aliphatic hydroxyl groups is 1. The highest BCUT2D eigenvalue weighted by molar-refractivity contribution is 5.77. The summed E-state index contributed by atoms with van der Waals surface area (Å²) in [4.78, 5) is 16.6. The molecule has 0 atom stereocenters. The van der Waals surface area contributed by atoms with Gasteiger partial charge in [0.1, 0.15) is 6.61 Å². The van der Waals surface area contributed by atoms with Crippen molar-refractivity contribution in [3.63, 3.8) is 0 Å². The molecule has 1 aromatic carbocycles. The molecule has 10 heteroatoms. The highest BCUT2D eigenvalue weighted by atomic mass is 19.4. The molecule has 0 aliphatic rings. The van der Waals surface area contributed by atoms with Crippen molar-refractivity contribution in [1.82, 2.24) is 15.0 Å². The summed E-state index contributed by atoms with van der Waals surface area (Å²) in [6.07, 6.45) is -4.70. The van der Waals surface area contributed by atoms with Crippen molar-refractivity contribution >= 4 is 5.91 Å². The van der Waals surface area contributed by atoms with Crippen molar-refractivity contribution in [2.24, 2.45) is 0 Å². The van der Waals surface area contributed by atoms with E-state index in [1.165, 1.54) is 24.1 Å². The largest absolute Gasteiger partial charge is 0.471 e. The Balaban J connectivity index is 2.10. The van der Waals surface area contributed by atoms with Crippen molar-refractivity contribution < 1.29 is 32.3 Å². The topological polar surface area (TPSA) is 88.7 Å². The number of aromatic nitrogens is 2. The van der Waals surface area contributed by atoms with Gasteiger partial charge in [-0.2, -0.15) is 18.2 Å². The predicted octanol–water partition coefficient (Wildman–Crippen LogP) is 1.72. The molecule has 0 aliphatic carbocycles. The Hall–Kier alpha value is -2.46. The van der Waals surface area contributed by atoms with E-state index in [1.807, 2.05) is 0 Å². The van der Waals surface area contributed by atoms with E-state index in [2.05, 4.69) is 14.7 Å². The number of hydrogen-bond acceptors (Lipinski definition) is 6. The molecular formula is C15H16F3N3O4. The number of rotatable bonds is 7. The van der Waals surface area contributed by atoms with Crippen LogP contribution >= 0.6 is 0 Å². The Labute approximate surface area is 141 Å². The normalized spacial score (nSPS) is 11.6. The number of hydrogen-bond donors (Lipinski definition) is 1. The van der Waals surface area contributed by atoms with Gasteiger partial charge in [-0.15, -0.1) is 0 Å². The maximum atomic E-state index is 12.5. The van der Waals surface area contributed by atoms with E-state index in [-0.39, 0.29) is 38.0 Å². The zero-order valence-electron chi connectivity index (χ0n) is 13.3. The number of carbonyl (C=O) groups excluding carboxylic acids is 1. The van der Waals surface area contributed by atoms with Crippen LogP contribution in [0.15, 0.2) is 28.8 Å². The van der Waals surface area contributed by atoms with Crippen LogP contribution in [0.2, 0.25) is 0 Å². The van der Waals surface area contributed by atoms with Gasteiger partial charge in [0.25, 0.3) is 0 Å². The fourth-order valence-electron chi connectivity index (χ4n) is 2.06. The maximum absolute atomic E-state index is 12.5. The molecule has 0 spiro atoms. The van der Waals surface area contributed by atoms with Crippen LogP contribution in [0.5, 0.6) is 0 Å². The van der Waals surface area contributed by atoms with Gasteiger partial charge in [-0.05, 0) is 5.56 Å². The molecule has 1 heterocycles. The number of aliphatic hydroxyl groups excluding tert-OH is 1. The van der Waals surface area contributed by atoms with Gasteiger partial charge in [0.2, 0.25) is 11.7 Å². The van der Waals surface area contributed by atoms with Gasteiger partial charge in [0.05, 0.1) is 6.61 Å². The predicted molar refractivity (Wildman–Crippen MR) is 79.1 cm³/mol. The first-order chi connectivity index (χ1) is 11.8. The molecular weight excluding hydrogens is 343 g/mol. The summed E-state index contributed by atoms with van der Waals surface area (Å²) in [5.74, 6) is -1.87. The second kappa shape index (κ2) is 8.08. The number of carbonyl (C=O) groups is 1. The fraction of sp³-hybridized carbons (Fsp3) is 0.400. The standard InChI is InChI=1S/C15H16F3N3O4/c1-24-9-12(23)21(6-7-22)8-10-2-4-11(5-3-10)13-19-14(25-20-13)15(16,17)18/h2-5,22H,6-9H2,1H3. The molecule has 0 unspecified atom stereocenters. The quantitative estimate of drug-likeness (QED) is 0.810. The Kier molecular flexibility index (Phi) is 6.10. The van der Waals surface area contributed by atoms with Gasteiger partial charge in [-0.3, -0.25) is 4.79 Å². The SMILES string of the molecule is COCC(=O)N(CCO)Cc1ccc(-c2noc(C(F)(F)F)n2)cc1. The molecule has 7 nitrogen and oxygen atoms in total. The molecule has 0 saturated heterocycles. The summed E-state index contributed by atoms with van der Waals surface area (Å²) in [5, 5.41) is 12.3. The number of methoxy groups -OCH3 is 1. The van der Waals surface area contributed by atoms with E-state index in [0.29, 0.717) is 5.56 Å². The third-order valence-corrected chi connectivity index (χ3v) is 3.24. The fourth-order valence-corrected chi connectivity index (χ4v) is 2.06. The van der Waals surface area contributed by atoms with Crippen molar-refractivity contribution in [2.75, 3.05) is 26.9 Å². The van der Waals surface area contributed by atoms with Crippen LogP contribution in [-0.2, 0) is 22.3 Å². The van der Waals surface area contributed by atoms with Gasteiger partial charge in [-0.25, -0.2) is 0 Å². The van der Waals surface area contributed by atoms with E-state index in [9.17, 15) is 18.0 Å². The lowest BCUT2D eigenvalue weighted by atomic mass is 10.1. The summed E-state index contributed by atoms with van der Waals surface area (Å²) in [5.41, 5.74) is 1.07. The number of nitrogens with zero attached hydrogens (tertiary/aromatic N) is 3. The molecule has 0 radical (unpaired) electrons. The molecule has 0 fully saturated rings. The van der Waals surface area contributed by atoms with Crippen LogP contribution in [0, 0.1) is 0 Å². The molecule has 0 saturated carbocycles. The number of ether oxygens (including phenoxy) is 1. The zero-order chi connectivity index (χ0) is 18.4. The number of amides is 1. The van der Waals surface area contributed by atoms with E-state index < -0.39 is 12.1 Å². The Morgan fingerprint density at radius 1 is 1.32 bits per heavy atom. The van der Waals surface area contributed by atoms with Crippen molar-refractivity contribution in [3.05, 3.63) is 35.7 Å². The molecule has 25 heavy (non-hydrogen) atoms. The van der Waals surface area contributed by atoms with E-state index >= 15 is 0 Å². The maximum Gasteiger partial charge on any atom is 0.471 e. The summed E-state index contributed by atoms with van der Waals surface area (Å²) >= 11 is 0. The first-order valence-corrected chi connectivity index (χ1v) is 7.23. The Bertz CT molecular complexity index is 701. The minimum Gasteiger partial charge on any atom is -0.395 e. The van der Waals surface area contributed by atoms with Gasteiger partial charge >= 0.3 is 12.1 Å². The average Bonchev–Trinajstić information content (AvgIpc) is 3.05. The molecule has 2 rings (SSSR count). The molecule has 1 aromatic heterocycles. The minimum atomic E-state index is -4.70. The summed E-state index contributed by atoms with van der Waals surface area (Å²) in [6.45, 7) is 0.0601. The van der Waals surface area contributed by atoms with E-state index in [0.717, 1.165) is 5.56 Å². The first kappa shape index (κ1) is 18.9. The van der Waals surface area contributed by atoms with Crippen LogP contribution in [0.4, 0.5) is 13.2 Å². The molecule has 0 bridgehead atoms. The van der Waals surface area contributed by atoms with Crippen LogP contribution in [0.1, 0.15) is 11.5 Å². The molecule has 2 aromatic rings. The molecule has 1 N–H and O–H groups in total. The van der Waals surface area contributed by atoms with Crippen LogP contribution in [0.25, 0.3) is 11.4 Å². The molecule has 1 amide bonds. The lowest BCUT2D eigenvalue weighted by molar-refractivity contribution is -0.159. The highest BCUT2D eigenvalue weighted by Crippen LogP contribution is 2.29. The lowest BCUT2D eigenvalue weighted by Gasteiger charge is -2.21. The second-order valence-electron chi connectivity index (χ2n) is 5.09. The summed E-state index contributed by atoms with van der Waals surface area (Å²) < 4.78 is 46.4. The smallest absolute Gasteiger partial charge is 0.395 e. The summed E-state index contributed by atoms with van der Waals surface area (Å²) in [6, 6.07) is 6.31. The number of benzene rings is 1. The van der Waals surface area contributed by atoms with Crippen molar-refractivity contribution in [2.45, 2.75) is 12.7 Å². The molecule has 136 valence electrons. The van der Waals surface area contributed by atoms with Gasteiger partial charge in [0.15, 0.2) is 0 Å². The number of alkyl halides is 3. The highest BCUT2D eigenvalue weighted by Gasteiger charge is 2.38. The lowest BCUT2D eigenvalue weighted by Crippen LogP contribution is -2.35.